The zero-order chi connectivity index (χ0) is 13.7. The predicted molar refractivity (Wildman–Crippen MR) is 75.7 cm³/mol. The number of carbonyl (C=O) groups is 1. The zero-order valence-electron chi connectivity index (χ0n) is 11.2. The van der Waals surface area contributed by atoms with E-state index in [1.807, 2.05) is 13.0 Å². The minimum Gasteiger partial charge on any atom is -0.493 e. The van der Waals surface area contributed by atoms with Gasteiger partial charge in [-0.3, -0.25) is 0 Å². The van der Waals surface area contributed by atoms with Crippen LogP contribution in [0, 0.1) is 0 Å². The van der Waals surface area contributed by atoms with E-state index in [9.17, 15) is 4.79 Å². The van der Waals surface area contributed by atoms with E-state index in [0.717, 1.165) is 34.1 Å². The third-order valence-corrected chi connectivity index (χ3v) is 3.66. The van der Waals surface area contributed by atoms with Gasteiger partial charge in [0, 0.05) is 12.0 Å². The number of ether oxygens (including phenoxy) is 2. The molecule has 0 aliphatic heterocycles. The third-order valence-electron chi connectivity index (χ3n) is 3.07. The van der Waals surface area contributed by atoms with E-state index in [-0.39, 0.29) is 5.92 Å². The molecule has 0 heterocycles. The molecule has 1 atom stereocenters. The summed E-state index contributed by atoms with van der Waals surface area (Å²) in [4.78, 5) is 10.7. The minimum atomic E-state index is 0.175. The fourth-order valence-corrected chi connectivity index (χ4v) is 2.74. The summed E-state index contributed by atoms with van der Waals surface area (Å²) < 4.78 is 11.7. The normalized spacial score (nSPS) is 12.1. The molecular weight excluding hydrogens is 296 g/mol. The summed E-state index contributed by atoms with van der Waals surface area (Å²) in [5.41, 5.74) is 2.24. The molecule has 18 heavy (non-hydrogen) atoms. The molecule has 0 aliphatic carbocycles. The smallest absolute Gasteiger partial charge is 0.175 e. The summed E-state index contributed by atoms with van der Waals surface area (Å²) in [5, 5.41) is 0. The van der Waals surface area contributed by atoms with Crippen LogP contribution in [0.4, 0.5) is 0 Å². The highest BCUT2D eigenvalue weighted by Gasteiger charge is 2.20. The fourth-order valence-electron chi connectivity index (χ4n) is 2.15. The van der Waals surface area contributed by atoms with Crippen LogP contribution in [0.1, 0.15) is 37.3 Å². The average molecular weight is 315 g/mol. The first kappa shape index (κ1) is 15.0. The predicted octanol–water partition coefficient (Wildman–Crippen LogP) is 3.72. The number of hydrogen-bond acceptors (Lipinski definition) is 3. The van der Waals surface area contributed by atoms with Crippen molar-refractivity contribution in [3.05, 3.63) is 21.7 Å². The lowest BCUT2D eigenvalue weighted by atomic mass is 9.91. The molecule has 0 aliphatic rings. The van der Waals surface area contributed by atoms with Crippen molar-refractivity contribution in [1.82, 2.24) is 0 Å². The van der Waals surface area contributed by atoms with Gasteiger partial charge in [0.15, 0.2) is 11.5 Å². The number of aldehydes is 1. The van der Waals surface area contributed by atoms with Gasteiger partial charge in [0.05, 0.1) is 18.7 Å². The van der Waals surface area contributed by atoms with E-state index in [2.05, 4.69) is 22.9 Å². The highest BCUT2D eigenvalue weighted by molar-refractivity contribution is 9.10. The molecule has 0 N–H and O–H groups in total. The van der Waals surface area contributed by atoms with E-state index in [4.69, 9.17) is 9.47 Å². The van der Waals surface area contributed by atoms with Crippen LogP contribution in [0.3, 0.4) is 0 Å². The standard InChI is InChI=1S/C14H19BrO3/c1-5-10-11(9(2)6-7-16)8-12(15)14(18-4)13(10)17-3/h7-9H,5-6H2,1-4H3. The van der Waals surface area contributed by atoms with Gasteiger partial charge in [-0.1, -0.05) is 13.8 Å². The molecule has 4 heteroatoms. The van der Waals surface area contributed by atoms with Gasteiger partial charge in [-0.2, -0.15) is 0 Å². The van der Waals surface area contributed by atoms with Crippen molar-refractivity contribution in [2.45, 2.75) is 32.6 Å². The number of rotatable bonds is 6. The Kier molecular flexibility index (Phi) is 5.66. The first-order valence-corrected chi connectivity index (χ1v) is 6.76. The minimum absolute atomic E-state index is 0.175. The Balaban J connectivity index is 3.43. The molecule has 0 fully saturated rings. The van der Waals surface area contributed by atoms with E-state index >= 15 is 0 Å². The molecule has 1 aromatic carbocycles. The maximum absolute atomic E-state index is 10.7. The second kappa shape index (κ2) is 6.78. The molecule has 0 saturated heterocycles. The van der Waals surface area contributed by atoms with Gasteiger partial charge < -0.3 is 14.3 Å². The van der Waals surface area contributed by atoms with Crippen molar-refractivity contribution in [3.8, 4) is 11.5 Å². The van der Waals surface area contributed by atoms with E-state index in [0.29, 0.717) is 12.2 Å². The van der Waals surface area contributed by atoms with E-state index < -0.39 is 0 Å². The Morgan fingerprint density at radius 2 is 1.94 bits per heavy atom. The molecule has 1 aromatic rings. The Bertz CT molecular complexity index is 430. The van der Waals surface area contributed by atoms with Crippen molar-refractivity contribution < 1.29 is 14.3 Å². The van der Waals surface area contributed by atoms with E-state index in [1.54, 1.807) is 14.2 Å². The number of hydrogen-bond donors (Lipinski definition) is 0. The molecule has 0 radical (unpaired) electrons. The van der Waals surface area contributed by atoms with Crippen molar-refractivity contribution in [1.29, 1.82) is 0 Å². The first-order chi connectivity index (χ1) is 8.60. The second-order valence-corrected chi connectivity index (χ2v) is 5.00. The van der Waals surface area contributed by atoms with Crippen LogP contribution in [-0.2, 0) is 11.2 Å². The van der Waals surface area contributed by atoms with Crippen LogP contribution in [0.2, 0.25) is 0 Å². The number of halogens is 1. The van der Waals surface area contributed by atoms with Gasteiger partial charge in [-0.25, -0.2) is 0 Å². The monoisotopic (exact) mass is 314 g/mol. The van der Waals surface area contributed by atoms with Crippen molar-refractivity contribution in [3.63, 3.8) is 0 Å². The van der Waals surface area contributed by atoms with Crippen LogP contribution in [0.5, 0.6) is 11.5 Å². The molecule has 0 saturated carbocycles. The maximum atomic E-state index is 10.7. The highest BCUT2D eigenvalue weighted by atomic mass is 79.9. The largest absolute Gasteiger partial charge is 0.493 e. The molecule has 0 amide bonds. The average Bonchev–Trinajstić information content (AvgIpc) is 2.37. The summed E-state index contributed by atoms with van der Waals surface area (Å²) >= 11 is 3.49. The first-order valence-electron chi connectivity index (χ1n) is 5.97. The molecule has 3 nitrogen and oxygen atoms in total. The molecule has 1 unspecified atom stereocenters. The molecule has 1 rings (SSSR count). The zero-order valence-corrected chi connectivity index (χ0v) is 12.8. The van der Waals surface area contributed by atoms with E-state index in [1.165, 1.54) is 0 Å². The molecular formula is C14H19BrO3. The topological polar surface area (TPSA) is 35.5 Å². The Morgan fingerprint density at radius 3 is 2.39 bits per heavy atom. The quantitative estimate of drug-likeness (QED) is 0.751. The lowest BCUT2D eigenvalue weighted by Crippen LogP contribution is -2.04. The Morgan fingerprint density at radius 1 is 1.33 bits per heavy atom. The van der Waals surface area contributed by atoms with Gasteiger partial charge in [0.1, 0.15) is 6.29 Å². The lowest BCUT2D eigenvalue weighted by Gasteiger charge is -2.20. The van der Waals surface area contributed by atoms with Gasteiger partial charge in [0.2, 0.25) is 0 Å². The fraction of sp³-hybridized carbons (Fsp3) is 0.500. The van der Waals surface area contributed by atoms with Crippen molar-refractivity contribution in [2.75, 3.05) is 14.2 Å². The van der Waals surface area contributed by atoms with Crippen LogP contribution in [0.15, 0.2) is 10.5 Å². The Labute approximate surface area is 117 Å². The number of carbonyl (C=O) groups excluding carboxylic acids is 1. The summed E-state index contributed by atoms with van der Waals surface area (Å²) in [6, 6.07) is 2.02. The lowest BCUT2D eigenvalue weighted by molar-refractivity contribution is -0.108. The summed E-state index contributed by atoms with van der Waals surface area (Å²) in [6.45, 7) is 4.11. The third kappa shape index (κ3) is 2.86. The van der Waals surface area contributed by atoms with Gasteiger partial charge in [-0.15, -0.1) is 0 Å². The van der Waals surface area contributed by atoms with Crippen LogP contribution >= 0.6 is 15.9 Å². The summed E-state index contributed by atoms with van der Waals surface area (Å²) in [6.07, 6.45) is 2.30. The summed E-state index contributed by atoms with van der Waals surface area (Å²) in [7, 11) is 3.26. The molecule has 100 valence electrons. The van der Waals surface area contributed by atoms with Crippen molar-refractivity contribution in [2.24, 2.45) is 0 Å². The SMILES string of the molecule is CCc1c(C(C)CC=O)cc(Br)c(OC)c1OC. The number of benzene rings is 1. The molecule has 0 spiro atoms. The van der Waals surface area contributed by atoms with Gasteiger partial charge in [-0.05, 0) is 39.9 Å². The summed E-state index contributed by atoms with van der Waals surface area (Å²) in [5.74, 6) is 1.63. The van der Waals surface area contributed by atoms with Gasteiger partial charge >= 0.3 is 0 Å². The van der Waals surface area contributed by atoms with Crippen LogP contribution in [-0.4, -0.2) is 20.5 Å². The maximum Gasteiger partial charge on any atom is 0.175 e. The number of methoxy groups -OCH3 is 2. The molecule has 0 aromatic heterocycles. The van der Waals surface area contributed by atoms with Crippen LogP contribution < -0.4 is 9.47 Å². The van der Waals surface area contributed by atoms with Gasteiger partial charge in [0.25, 0.3) is 0 Å². The Hall–Kier alpha value is -1.03. The second-order valence-electron chi connectivity index (χ2n) is 4.15. The highest BCUT2D eigenvalue weighted by Crippen LogP contribution is 2.42. The van der Waals surface area contributed by atoms with Crippen LogP contribution in [0.25, 0.3) is 0 Å². The molecule has 0 bridgehead atoms. The van der Waals surface area contributed by atoms with Crippen molar-refractivity contribution >= 4 is 22.2 Å².